The van der Waals surface area contributed by atoms with Gasteiger partial charge in [0.2, 0.25) is 0 Å². The number of likely N-dealkylation sites (tertiary alicyclic amines) is 1. The molecule has 1 atom stereocenters. The predicted octanol–water partition coefficient (Wildman–Crippen LogP) is 1.34. The minimum absolute atomic E-state index is 0.0175. The predicted molar refractivity (Wildman–Crippen MR) is 66.7 cm³/mol. The first kappa shape index (κ1) is 12.0. The van der Waals surface area contributed by atoms with E-state index in [1.165, 1.54) is 0 Å². The number of amides is 1. The second-order valence-corrected chi connectivity index (χ2v) is 4.55. The molecule has 2 rings (SSSR count). The first-order valence-corrected chi connectivity index (χ1v) is 6.17. The molecule has 1 aromatic rings. The maximum absolute atomic E-state index is 12.3. The molecule has 1 saturated heterocycles. The van der Waals surface area contributed by atoms with Crippen LogP contribution in [0.5, 0.6) is 0 Å². The van der Waals surface area contributed by atoms with Gasteiger partial charge in [0, 0.05) is 24.8 Å². The maximum atomic E-state index is 12.3. The number of carbonyl (C=O) groups is 1. The number of aromatic nitrogens is 1. The van der Waals surface area contributed by atoms with Gasteiger partial charge in [0.25, 0.3) is 5.91 Å². The molecule has 1 fully saturated rings. The van der Waals surface area contributed by atoms with Gasteiger partial charge in [0.1, 0.15) is 5.69 Å². The van der Waals surface area contributed by atoms with Gasteiger partial charge < -0.3 is 10.6 Å². The summed E-state index contributed by atoms with van der Waals surface area (Å²) in [6, 6.07) is 5.72. The lowest BCUT2D eigenvalue weighted by Gasteiger charge is -2.34. The minimum atomic E-state index is 0.0175. The Bertz CT molecular complexity index is 405. The van der Waals surface area contributed by atoms with Gasteiger partial charge in [-0.05, 0) is 38.3 Å². The van der Waals surface area contributed by atoms with Crippen LogP contribution >= 0.6 is 0 Å². The van der Waals surface area contributed by atoms with Gasteiger partial charge in [-0.25, -0.2) is 4.98 Å². The van der Waals surface area contributed by atoms with Crippen molar-refractivity contribution < 1.29 is 4.79 Å². The fraction of sp³-hybridized carbons (Fsp3) is 0.538. The van der Waals surface area contributed by atoms with Crippen LogP contribution in [0.4, 0.5) is 0 Å². The first-order valence-electron chi connectivity index (χ1n) is 6.17. The average Bonchev–Trinajstić information content (AvgIpc) is 2.38. The molecule has 0 aromatic carbocycles. The molecule has 0 unspecified atom stereocenters. The van der Waals surface area contributed by atoms with E-state index >= 15 is 0 Å². The molecule has 1 amide bonds. The normalized spacial score (nSPS) is 20.4. The third-order valence-electron chi connectivity index (χ3n) is 3.27. The molecule has 0 bridgehead atoms. The number of rotatable bonds is 2. The van der Waals surface area contributed by atoms with Crippen LogP contribution in [0, 0.1) is 6.92 Å². The Labute approximate surface area is 102 Å². The summed E-state index contributed by atoms with van der Waals surface area (Å²) in [5.74, 6) is 0.0175. The average molecular weight is 233 g/mol. The van der Waals surface area contributed by atoms with Crippen molar-refractivity contribution in [2.45, 2.75) is 32.2 Å². The molecule has 17 heavy (non-hydrogen) atoms. The second-order valence-electron chi connectivity index (χ2n) is 4.55. The Hall–Kier alpha value is -1.42. The monoisotopic (exact) mass is 233 g/mol. The highest BCUT2D eigenvalue weighted by Crippen LogP contribution is 2.18. The first-order chi connectivity index (χ1) is 8.22. The molecular formula is C13H19N3O. The van der Waals surface area contributed by atoms with Crippen LogP contribution in [0.3, 0.4) is 0 Å². The van der Waals surface area contributed by atoms with Gasteiger partial charge in [-0.15, -0.1) is 0 Å². The Morgan fingerprint density at radius 3 is 3.06 bits per heavy atom. The lowest BCUT2D eigenvalue weighted by molar-refractivity contribution is 0.0617. The van der Waals surface area contributed by atoms with Crippen LogP contribution in [0.15, 0.2) is 18.2 Å². The van der Waals surface area contributed by atoms with E-state index in [0.29, 0.717) is 12.2 Å². The minimum Gasteiger partial charge on any atom is -0.333 e. The molecule has 0 aliphatic carbocycles. The lowest BCUT2D eigenvalue weighted by Crippen LogP contribution is -2.47. The molecule has 1 aliphatic rings. The van der Waals surface area contributed by atoms with Crippen molar-refractivity contribution in [3.05, 3.63) is 29.6 Å². The molecule has 2 heterocycles. The van der Waals surface area contributed by atoms with Crippen LogP contribution in [-0.2, 0) is 0 Å². The molecule has 1 aliphatic heterocycles. The largest absolute Gasteiger partial charge is 0.333 e. The van der Waals surface area contributed by atoms with E-state index in [4.69, 9.17) is 5.73 Å². The maximum Gasteiger partial charge on any atom is 0.272 e. The summed E-state index contributed by atoms with van der Waals surface area (Å²) >= 11 is 0. The van der Waals surface area contributed by atoms with Crippen LogP contribution in [0.25, 0.3) is 0 Å². The number of nitrogens with two attached hydrogens (primary N) is 1. The molecule has 0 radical (unpaired) electrons. The van der Waals surface area contributed by atoms with E-state index in [1.54, 1.807) is 6.07 Å². The van der Waals surface area contributed by atoms with Crippen molar-refractivity contribution in [1.82, 2.24) is 9.88 Å². The topological polar surface area (TPSA) is 59.2 Å². The molecule has 0 spiro atoms. The van der Waals surface area contributed by atoms with Crippen molar-refractivity contribution in [2.75, 3.05) is 13.1 Å². The standard InChI is InChI=1S/C13H19N3O/c1-10-5-4-7-12(15-10)13(17)16-8-3-2-6-11(16)9-14/h4-5,7,11H,2-3,6,8-9,14H2,1H3/t11-/m0/s1. The molecule has 1 aromatic heterocycles. The number of hydrogen-bond acceptors (Lipinski definition) is 3. The van der Waals surface area contributed by atoms with E-state index in [2.05, 4.69) is 4.98 Å². The van der Waals surface area contributed by atoms with Gasteiger partial charge in [-0.2, -0.15) is 0 Å². The molecule has 92 valence electrons. The molecule has 0 saturated carbocycles. The van der Waals surface area contributed by atoms with Crippen LogP contribution in [0.2, 0.25) is 0 Å². The number of nitrogens with zero attached hydrogens (tertiary/aromatic N) is 2. The van der Waals surface area contributed by atoms with Crippen molar-refractivity contribution in [3.8, 4) is 0 Å². The van der Waals surface area contributed by atoms with Crippen LogP contribution in [0.1, 0.15) is 35.4 Å². The zero-order valence-corrected chi connectivity index (χ0v) is 10.2. The number of carbonyl (C=O) groups excluding carboxylic acids is 1. The summed E-state index contributed by atoms with van der Waals surface area (Å²) < 4.78 is 0. The van der Waals surface area contributed by atoms with Crippen molar-refractivity contribution in [2.24, 2.45) is 5.73 Å². The van der Waals surface area contributed by atoms with Crippen LogP contribution < -0.4 is 5.73 Å². The lowest BCUT2D eigenvalue weighted by atomic mass is 10.0. The fourth-order valence-electron chi connectivity index (χ4n) is 2.32. The second kappa shape index (κ2) is 5.27. The highest BCUT2D eigenvalue weighted by Gasteiger charge is 2.26. The SMILES string of the molecule is Cc1cccc(C(=O)N2CCCC[C@H]2CN)n1. The summed E-state index contributed by atoms with van der Waals surface area (Å²) in [4.78, 5) is 18.5. The quantitative estimate of drug-likeness (QED) is 0.838. The fourth-order valence-corrected chi connectivity index (χ4v) is 2.32. The third-order valence-corrected chi connectivity index (χ3v) is 3.27. The van der Waals surface area contributed by atoms with Gasteiger partial charge >= 0.3 is 0 Å². The zero-order chi connectivity index (χ0) is 12.3. The molecule has 4 nitrogen and oxygen atoms in total. The van der Waals surface area contributed by atoms with Crippen molar-refractivity contribution in [1.29, 1.82) is 0 Å². The summed E-state index contributed by atoms with van der Waals surface area (Å²) in [6.45, 7) is 3.24. The number of pyridine rings is 1. The van der Waals surface area contributed by atoms with E-state index in [0.717, 1.165) is 31.5 Å². The third kappa shape index (κ3) is 2.64. The van der Waals surface area contributed by atoms with Crippen LogP contribution in [-0.4, -0.2) is 34.9 Å². The Balaban J connectivity index is 2.18. The van der Waals surface area contributed by atoms with E-state index < -0.39 is 0 Å². The van der Waals surface area contributed by atoms with Crippen molar-refractivity contribution >= 4 is 5.91 Å². The molecule has 2 N–H and O–H groups in total. The summed E-state index contributed by atoms with van der Waals surface area (Å²) in [5.41, 5.74) is 7.13. The van der Waals surface area contributed by atoms with E-state index in [1.807, 2.05) is 24.0 Å². The van der Waals surface area contributed by atoms with E-state index in [9.17, 15) is 4.79 Å². The highest BCUT2D eigenvalue weighted by atomic mass is 16.2. The number of piperidine rings is 1. The van der Waals surface area contributed by atoms with Crippen molar-refractivity contribution in [3.63, 3.8) is 0 Å². The summed E-state index contributed by atoms with van der Waals surface area (Å²) in [7, 11) is 0. The smallest absolute Gasteiger partial charge is 0.272 e. The van der Waals surface area contributed by atoms with Gasteiger partial charge in [-0.3, -0.25) is 4.79 Å². The Morgan fingerprint density at radius 2 is 2.35 bits per heavy atom. The van der Waals surface area contributed by atoms with Gasteiger partial charge in [-0.1, -0.05) is 6.07 Å². The summed E-state index contributed by atoms with van der Waals surface area (Å²) in [5, 5.41) is 0. The van der Waals surface area contributed by atoms with E-state index in [-0.39, 0.29) is 11.9 Å². The van der Waals surface area contributed by atoms with Gasteiger partial charge in [0.15, 0.2) is 0 Å². The molecular weight excluding hydrogens is 214 g/mol. The number of hydrogen-bond donors (Lipinski definition) is 1. The Kier molecular flexibility index (Phi) is 3.74. The Morgan fingerprint density at radius 1 is 1.53 bits per heavy atom. The van der Waals surface area contributed by atoms with Gasteiger partial charge in [0.05, 0.1) is 0 Å². The molecule has 4 heteroatoms. The highest BCUT2D eigenvalue weighted by molar-refractivity contribution is 5.92. The summed E-state index contributed by atoms with van der Waals surface area (Å²) in [6.07, 6.45) is 3.23. The zero-order valence-electron chi connectivity index (χ0n) is 10.2. The number of aryl methyl sites for hydroxylation is 1.